The first-order valence-electron chi connectivity index (χ1n) is 8.92. The topological polar surface area (TPSA) is 44.8 Å². The van der Waals surface area contributed by atoms with Gasteiger partial charge in [0.15, 0.2) is 12.2 Å². The number of phosphoric ester groups is 1. The normalized spacial score (nSPS) is 16.9. The van der Waals surface area contributed by atoms with E-state index in [-0.39, 0.29) is 12.1 Å². The second-order valence-electron chi connectivity index (χ2n) is 6.82. The third-order valence-electron chi connectivity index (χ3n) is 4.18. The van der Waals surface area contributed by atoms with E-state index >= 15 is 0 Å². The van der Waals surface area contributed by atoms with Crippen LogP contribution < -0.4 is 0 Å². The molecule has 0 saturated carbocycles. The minimum Gasteiger partial charge on any atom is -0.268 e. The number of benzene rings is 2. The molecule has 0 radical (unpaired) electrons. The van der Waals surface area contributed by atoms with Crippen molar-refractivity contribution >= 4 is 19.7 Å². The van der Waals surface area contributed by atoms with E-state index < -0.39 is 67.0 Å². The minimum absolute atomic E-state index is 0.0925. The van der Waals surface area contributed by atoms with Crippen LogP contribution in [0.3, 0.4) is 0 Å². The lowest BCUT2D eigenvalue weighted by molar-refractivity contribution is -0.218. The Bertz CT molecular complexity index is 1020. The van der Waals surface area contributed by atoms with Crippen LogP contribution in [0.15, 0.2) is 48.5 Å². The standard InChI is InChI=1S/C18H10ClF12O4P/c19-35-36(32,33-13(17(26,27)28)9-3-1-5-11(7-9)15(20,21)22)34-14(18(29,30)31)10-4-2-6-12(8-10)16(23,24)25/h1-8,13-14H. The highest BCUT2D eigenvalue weighted by atomic mass is 35.5. The van der Waals surface area contributed by atoms with Crippen molar-refractivity contribution in [3.05, 3.63) is 70.8 Å². The van der Waals surface area contributed by atoms with Crippen LogP contribution in [0.2, 0.25) is 0 Å². The second-order valence-corrected chi connectivity index (χ2v) is 8.68. The van der Waals surface area contributed by atoms with Gasteiger partial charge in [0.05, 0.1) is 23.0 Å². The van der Waals surface area contributed by atoms with Gasteiger partial charge in [0, 0.05) is 0 Å². The molecule has 18 heteroatoms. The van der Waals surface area contributed by atoms with Gasteiger partial charge in [-0.05, 0) is 35.4 Å². The Morgan fingerprint density at radius 2 is 0.972 bits per heavy atom. The molecular weight excluding hydrogens is 575 g/mol. The molecule has 0 N–H and O–H groups in total. The van der Waals surface area contributed by atoms with Crippen LogP contribution in [0.1, 0.15) is 34.5 Å². The average Bonchev–Trinajstić information content (AvgIpc) is 2.73. The molecule has 0 saturated heterocycles. The molecule has 0 fully saturated rings. The van der Waals surface area contributed by atoms with E-state index in [4.69, 9.17) is 11.9 Å². The van der Waals surface area contributed by atoms with E-state index in [9.17, 15) is 57.3 Å². The Morgan fingerprint density at radius 3 is 1.22 bits per heavy atom. The molecule has 0 aliphatic heterocycles. The van der Waals surface area contributed by atoms with Crippen LogP contribution in [-0.4, -0.2) is 12.4 Å². The van der Waals surface area contributed by atoms with Gasteiger partial charge in [-0.15, -0.1) is 0 Å². The first-order chi connectivity index (χ1) is 16.2. The van der Waals surface area contributed by atoms with Crippen molar-refractivity contribution in [1.29, 1.82) is 0 Å². The van der Waals surface area contributed by atoms with Gasteiger partial charge in [0.1, 0.15) is 0 Å². The lowest BCUT2D eigenvalue weighted by atomic mass is 10.1. The van der Waals surface area contributed by atoms with Gasteiger partial charge in [-0.1, -0.05) is 24.3 Å². The second kappa shape index (κ2) is 10.4. The van der Waals surface area contributed by atoms with Crippen molar-refractivity contribution in [2.45, 2.75) is 36.9 Å². The lowest BCUT2D eigenvalue weighted by Crippen LogP contribution is -2.27. The molecule has 36 heavy (non-hydrogen) atoms. The Morgan fingerprint density at radius 1 is 0.639 bits per heavy atom. The van der Waals surface area contributed by atoms with Crippen molar-refractivity contribution in [3.8, 4) is 0 Å². The molecule has 2 rings (SSSR count). The summed E-state index contributed by atoms with van der Waals surface area (Å²) in [5.74, 6) is 0. The maximum Gasteiger partial charge on any atom is 0.493 e. The van der Waals surface area contributed by atoms with E-state index in [1.54, 1.807) is 0 Å². The molecule has 2 aromatic carbocycles. The molecule has 2 aromatic rings. The summed E-state index contributed by atoms with van der Waals surface area (Å²) in [5.41, 5.74) is -6.01. The van der Waals surface area contributed by atoms with Crippen molar-refractivity contribution < 1.29 is 70.4 Å². The predicted molar refractivity (Wildman–Crippen MR) is 97.2 cm³/mol. The van der Waals surface area contributed by atoms with Crippen LogP contribution >= 0.6 is 19.7 Å². The Kier molecular flexibility index (Phi) is 8.73. The molecule has 2 unspecified atom stereocenters. The lowest BCUT2D eigenvalue weighted by Gasteiger charge is -2.28. The van der Waals surface area contributed by atoms with E-state index in [2.05, 4.69) is 13.1 Å². The number of phosphoric acid groups is 1. The third-order valence-corrected chi connectivity index (χ3v) is 5.80. The van der Waals surface area contributed by atoms with Crippen molar-refractivity contribution in [2.75, 3.05) is 0 Å². The maximum atomic E-state index is 13.6. The Hall–Kier alpha value is -2.00. The number of rotatable bonds is 7. The molecule has 0 bridgehead atoms. The molecule has 4 nitrogen and oxygen atoms in total. The Balaban J connectivity index is 2.52. The summed E-state index contributed by atoms with van der Waals surface area (Å²) in [6.45, 7) is 0. The van der Waals surface area contributed by atoms with Crippen LogP contribution in [0.25, 0.3) is 0 Å². The van der Waals surface area contributed by atoms with E-state index in [1.807, 2.05) is 0 Å². The molecule has 0 amide bonds. The van der Waals surface area contributed by atoms with Gasteiger partial charge in [-0.25, -0.2) is 4.57 Å². The van der Waals surface area contributed by atoms with E-state index in [0.717, 1.165) is 0 Å². The summed E-state index contributed by atoms with van der Waals surface area (Å²) in [7, 11) is -6.18. The van der Waals surface area contributed by atoms with Crippen molar-refractivity contribution in [2.24, 2.45) is 0 Å². The highest BCUT2D eigenvalue weighted by molar-refractivity contribution is 7.49. The smallest absolute Gasteiger partial charge is 0.268 e. The molecule has 0 aliphatic carbocycles. The summed E-state index contributed by atoms with van der Waals surface area (Å²) in [5, 5.41) is 0. The van der Waals surface area contributed by atoms with Crippen molar-refractivity contribution in [1.82, 2.24) is 0 Å². The predicted octanol–water partition coefficient (Wildman–Crippen LogP) is 8.94. The van der Waals surface area contributed by atoms with Gasteiger partial charge < -0.3 is 0 Å². The van der Waals surface area contributed by atoms with Gasteiger partial charge in [0.25, 0.3) is 0 Å². The fourth-order valence-corrected chi connectivity index (χ4v) is 4.00. The summed E-state index contributed by atoms with van der Waals surface area (Å²) in [6, 6.07) is 2.36. The van der Waals surface area contributed by atoms with Gasteiger partial charge >= 0.3 is 32.5 Å². The zero-order chi connectivity index (χ0) is 27.7. The van der Waals surface area contributed by atoms with E-state index in [1.165, 1.54) is 0 Å². The van der Waals surface area contributed by atoms with Gasteiger partial charge in [-0.3, -0.25) is 9.05 Å². The SMILES string of the molecule is O=P(OCl)(OC(c1cccc(C(F)(F)F)c1)C(F)(F)F)OC(c1cccc(C(F)(F)F)c1)C(F)(F)F. The van der Waals surface area contributed by atoms with Gasteiger partial charge in [0.2, 0.25) is 0 Å². The molecule has 202 valence electrons. The van der Waals surface area contributed by atoms with Crippen LogP contribution in [0.5, 0.6) is 0 Å². The molecular formula is C18H10ClF12O4P. The van der Waals surface area contributed by atoms with Crippen molar-refractivity contribution in [3.63, 3.8) is 0 Å². The number of halogens is 13. The summed E-state index contributed by atoms with van der Waals surface area (Å²) < 4.78 is 183. The molecule has 0 spiro atoms. The third kappa shape index (κ3) is 7.75. The first-order valence-corrected chi connectivity index (χ1v) is 10.7. The summed E-state index contributed by atoms with van der Waals surface area (Å²) in [4.78, 5) is 0. The number of hydrogen-bond acceptors (Lipinski definition) is 4. The number of hydrogen-bond donors (Lipinski definition) is 0. The van der Waals surface area contributed by atoms with Crippen LogP contribution in [0.4, 0.5) is 52.7 Å². The fourth-order valence-electron chi connectivity index (χ4n) is 2.69. The monoisotopic (exact) mass is 584 g/mol. The quantitative estimate of drug-likeness (QED) is 0.241. The first kappa shape index (κ1) is 30.2. The minimum atomic E-state index is -6.18. The maximum absolute atomic E-state index is 13.6. The Labute approximate surface area is 198 Å². The average molecular weight is 585 g/mol. The zero-order valence-corrected chi connectivity index (χ0v) is 18.4. The molecule has 2 atom stereocenters. The molecule has 0 aliphatic rings. The molecule has 0 aromatic heterocycles. The van der Waals surface area contributed by atoms with Crippen LogP contribution in [0, 0.1) is 0 Å². The summed E-state index contributed by atoms with van der Waals surface area (Å²) in [6.07, 6.45) is -29.0. The molecule has 0 heterocycles. The van der Waals surface area contributed by atoms with E-state index in [0.29, 0.717) is 36.4 Å². The fraction of sp³-hybridized carbons (Fsp3) is 0.333. The zero-order valence-electron chi connectivity index (χ0n) is 16.8. The highest BCUT2D eigenvalue weighted by Crippen LogP contribution is 2.61. The number of alkyl halides is 12. The highest BCUT2D eigenvalue weighted by Gasteiger charge is 2.53. The van der Waals surface area contributed by atoms with Crippen LogP contribution in [-0.2, 0) is 30.0 Å². The summed E-state index contributed by atoms with van der Waals surface area (Å²) >= 11 is 4.77. The van der Waals surface area contributed by atoms with Gasteiger partial charge in [-0.2, -0.15) is 56.8 Å². The largest absolute Gasteiger partial charge is 0.493 e.